The van der Waals surface area contributed by atoms with Crippen LogP contribution in [0.4, 0.5) is 18.9 Å². The molecular formula is C22H20F3N3O2. The molecule has 0 saturated heterocycles. The van der Waals surface area contributed by atoms with Crippen molar-refractivity contribution in [1.29, 1.82) is 0 Å². The molecule has 2 heterocycles. The number of aliphatic hydroxyl groups excluding tert-OH is 1. The molecule has 156 valence electrons. The summed E-state index contributed by atoms with van der Waals surface area (Å²) in [5.41, 5.74) is 1.52. The lowest BCUT2D eigenvalue weighted by atomic mass is 10.1. The third-order valence-corrected chi connectivity index (χ3v) is 4.59. The predicted octanol–water partition coefficient (Wildman–Crippen LogP) is 4.11. The highest BCUT2D eigenvalue weighted by atomic mass is 19.4. The van der Waals surface area contributed by atoms with Crippen LogP contribution in [-0.4, -0.2) is 27.5 Å². The summed E-state index contributed by atoms with van der Waals surface area (Å²) in [5.74, 6) is -0.549. The molecule has 3 aromatic rings. The van der Waals surface area contributed by atoms with Crippen LogP contribution >= 0.6 is 0 Å². The minimum atomic E-state index is -4.50. The molecule has 0 fully saturated rings. The number of alkyl halides is 3. The number of hydrogen-bond donors (Lipinski definition) is 1. The van der Waals surface area contributed by atoms with Gasteiger partial charge in [0.15, 0.2) is 6.10 Å². The number of aliphatic hydroxyl groups is 1. The molecule has 0 aliphatic heterocycles. The average Bonchev–Trinajstić information content (AvgIpc) is 2.74. The second kappa shape index (κ2) is 9.04. The van der Waals surface area contributed by atoms with Crippen LogP contribution in [0.3, 0.4) is 0 Å². The number of pyridine rings is 2. The largest absolute Gasteiger partial charge is 0.433 e. The highest BCUT2D eigenvalue weighted by molar-refractivity contribution is 5.97. The van der Waals surface area contributed by atoms with Gasteiger partial charge in [-0.1, -0.05) is 29.8 Å². The van der Waals surface area contributed by atoms with Crippen molar-refractivity contribution in [3.05, 3.63) is 89.5 Å². The van der Waals surface area contributed by atoms with Crippen LogP contribution in [0, 0.1) is 6.92 Å². The molecule has 1 atom stereocenters. The smallest absolute Gasteiger partial charge is 0.378 e. The van der Waals surface area contributed by atoms with E-state index in [0.717, 1.165) is 17.8 Å². The van der Waals surface area contributed by atoms with Gasteiger partial charge in [-0.15, -0.1) is 0 Å². The number of aromatic nitrogens is 2. The maximum Gasteiger partial charge on any atom is 0.433 e. The maximum atomic E-state index is 13.0. The van der Waals surface area contributed by atoms with Gasteiger partial charge in [-0.3, -0.25) is 14.8 Å². The van der Waals surface area contributed by atoms with Gasteiger partial charge in [-0.05, 0) is 43.2 Å². The molecule has 8 heteroatoms. The molecule has 1 amide bonds. The quantitative estimate of drug-likeness (QED) is 0.658. The third-order valence-electron chi connectivity index (χ3n) is 4.59. The highest BCUT2D eigenvalue weighted by Crippen LogP contribution is 2.27. The molecule has 1 aromatic carbocycles. The number of nitrogens with zero attached hydrogens (tertiary/aromatic N) is 3. The second-order valence-electron chi connectivity index (χ2n) is 6.81. The van der Waals surface area contributed by atoms with Gasteiger partial charge in [0.05, 0.1) is 0 Å². The Balaban J connectivity index is 1.81. The van der Waals surface area contributed by atoms with Crippen molar-refractivity contribution in [1.82, 2.24) is 9.97 Å². The Bertz CT molecular complexity index is 975. The number of halogens is 3. The first kappa shape index (κ1) is 21.4. The van der Waals surface area contributed by atoms with E-state index in [1.807, 2.05) is 19.1 Å². The first-order chi connectivity index (χ1) is 14.3. The number of hydrogen-bond acceptors (Lipinski definition) is 4. The normalized spacial score (nSPS) is 12.4. The second-order valence-corrected chi connectivity index (χ2v) is 6.81. The summed E-state index contributed by atoms with van der Waals surface area (Å²) >= 11 is 0. The van der Waals surface area contributed by atoms with Gasteiger partial charge in [-0.2, -0.15) is 13.2 Å². The molecule has 0 radical (unpaired) electrons. The van der Waals surface area contributed by atoms with Crippen molar-refractivity contribution in [3.63, 3.8) is 0 Å². The summed E-state index contributed by atoms with van der Waals surface area (Å²) in [5, 5.41) is 10.5. The van der Waals surface area contributed by atoms with Crippen LogP contribution in [0.15, 0.2) is 67.1 Å². The van der Waals surface area contributed by atoms with Crippen molar-refractivity contribution >= 4 is 11.6 Å². The lowest BCUT2D eigenvalue weighted by molar-refractivity contribution is -0.141. The molecule has 0 unspecified atom stereocenters. The Morgan fingerprint density at radius 2 is 1.83 bits per heavy atom. The summed E-state index contributed by atoms with van der Waals surface area (Å²) in [4.78, 5) is 21.8. The zero-order chi connectivity index (χ0) is 21.7. The molecule has 0 aliphatic rings. The Kier molecular flexibility index (Phi) is 6.47. The molecule has 0 aliphatic carbocycles. The standard InChI is InChI=1S/C22H20F3N3O2/c1-15-4-7-18(8-5-15)28(21(30)20(29)17-3-2-11-26-14-17)12-10-16-6-9-19(27-13-16)22(23,24)25/h2-9,11,13-14,20,29H,10,12H2,1H3/t20-/m0/s1. The Morgan fingerprint density at radius 3 is 2.40 bits per heavy atom. The van der Waals surface area contributed by atoms with E-state index in [-0.39, 0.29) is 13.0 Å². The molecule has 3 rings (SSSR count). The Labute approximate surface area is 171 Å². The molecule has 5 nitrogen and oxygen atoms in total. The summed E-state index contributed by atoms with van der Waals surface area (Å²) in [6, 6.07) is 12.7. The van der Waals surface area contributed by atoms with Crippen molar-refractivity contribution in [2.24, 2.45) is 0 Å². The van der Waals surface area contributed by atoms with Crippen molar-refractivity contribution in [2.45, 2.75) is 25.6 Å². The van der Waals surface area contributed by atoms with Crippen LogP contribution in [0.1, 0.15) is 28.5 Å². The topological polar surface area (TPSA) is 66.3 Å². The van der Waals surface area contributed by atoms with Crippen LogP contribution < -0.4 is 4.90 Å². The van der Waals surface area contributed by atoms with Gasteiger partial charge in [0.1, 0.15) is 5.69 Å². The van der Waals surface area contributed by atoms with Gasteiger partial charge >= 0.3 is 6.18 Å². The monoisotopic (exact) mass is 415 g/mol. The summed E-state index contributed by atoms with van der Waals surface area (Å²) in [6.07, 6.45) is -1.55. The number of aryl methyl sites for hydroxylation is 1. The summed E-state index contributed by atoms with van der Waals surface area (Å²) < 4.78 is 38.1. The van der Waals surface area contributed by atoms with Gasteiger partial charge in [0.2, 0.25) is 0 Å². The molecule has 0 bridgehead atoms. The van der Waals surface area contributed by atoms with E-state index in [1.165, 1.54) is 23.4 Å². The predicted molar refractivity (Wildman–Crippen MR) is 106 cm³/mol. The van der Waals surface area contributed by atoms with Gasteiger partial charge in [0, 0.05) is 36.4 Å². The number of carbonyl (C=O) groups excluding carboxylic acids is 1. The number of carbonyl (C=O) groups is 1. The number of amides is 1. The van der Waals surface area contributed by atoms with E-state index in [1.54, 1.807) is 24.3 Å². The minimum Gasteiger partial charge on any atom is -0.378 e. The molecule has 2 aromatic heterocycles. The van der Waals surface area contributed by atoms with Gasteiger partial charge < -0.3 is 10.0 Å². The Hall–Kier alpha value is -3.26. The number of rotatable bonds is 6. The lowest BCUT2D eigenvalue weighted by Crippen LogP contribution is -2.37. The van der Waals surface area contributed by atoms with Crippen molar-refractivity contribution in [3.8, 4) is 0 Å². The van der Waals surface area contributed by atoms with Crippen LogP contribution in [-0.2, 0) is 17.4 Å². The van der Waals surface area contributed by atoms with Gasteiger partial charge in [0.25, 0.3) is 5.91 Å². The fourth-order valence-corrected chi connectivity index (χ4v) is 2.90. The van der Waals surface area contributed by atoms with E-state index < -0.39 is 23.9 Å². The fraction of sp³-hybridized carbons (Fsp3) is 0.227. The van der Waals surface area contributed by atoms with Gasteiger partial charge in [-0.25, -0.2) is 0 Å². The lowest BCUT2D eigenvalue weighted by Gasteiger charge is -2.25. The third kappa shape index (κ3) is 5.21. The molecule has 0 saturated carbocycles. The molecular weight excluding hydrogens is 395 g/mol. The van der Waals surface area contributed by atoms with Crippen LogP contribution in [0.2, 0.25) is 0 Å². The molecule has 30 heavy (non-hydrogen) atoms. The average molecular weight is 415 g/mol. The van der Waals surface area contributed by atoms with E-state index in [0.29, 0.717) is 16.8 Å². The van der Waals surface area contributed by atoms with E-state index in [4.69, 9.17) is 0 Å². The van der Waals surface area contributed by atoms with Crippen molar-refractivity contribution < 1.29 is 23.1 Å². The van der Waals surface area contributed by atoms with Crippen LogP contribution in [0.5, 0.6) is 0 Å². The zero-order valence-electron chi connectivity index (χ0n) is 16.2. The number of anilines is 1. The number of benzene rings is 1. The zero-order valence-corrected chi connectivity index (χ0v) is 16.2. The SMILES string of the molecule is Cc1ccc(N(CCc2ccc(C(F)(F)F)nc2)C(=O)[C@@H](O)c2cccnc2)cc1. The minimum absolute atomic E-state index is 0.159. The van der Waals surface area contributed by atoms with E-state index in [2.05, 4.69) is 9.97 Å². The van der Waals surface area contributed by atoms with E-state index in [9.17, 15) is 23.1 Å². The Morgan fingerprint density at radius 1 is 1.10 bits per heavy atom. The van der Waals surface area contributed by atoms with E-state index >= 15 is 0 Å². The first-order valence-corrected chi connectivity index (χ1v) is 9.24. The maximum absolute atomic E-state index is 13.0. The fourth-order valence-electron chi connectivity index (χ4n) is 2.90. The molecule has 0 spiro atoms. The summed E-state index contributed by atoms with van der Waals surface area (Å²) in [7, 11) is 0. The summed E-state index contributed by atoms with van der Waals surface area (Å²) in [6.45, 7) is 2.07. The first-order valence-electron chi connectivity index (χ1n) is 9.24. The van der Waals surface area contributed by atoms with Crippen LogP contribution in [0.25, 0.3) is 0 Å². The highest BCUT2D eigenvalue weighted by Gasteiger charge is 2.32. The molecule has 1 N–H and O–H groups in total. The van der Waals surface area contributed by atoms with Crippen molar-refractivity contribution in [2.75, 3.05) is 11.4 Å².